The van der Waals surface area contributed by atoms with Crippen LogP contribution < -0.4 is 10.6 Å². The summed E-state index contributed by atoms with van der Waals surface area (Å²) in [5.41, 5.74) is 0.887. The maximum atomic E-state index is 13.7. The lowest BCUT2D eigenvalue weighted by Gasteiger charge is -2.43. The van der Waals surface area contributed by atoms with Gasteiger partial charge in [0.15, 0.2) is 11.6 Å². The molecule has 0 amide bonds. The van der Waals surface area contributed by atoms with E-state index in [-0.39, 0.29) is 5.54 Å². The molecule has 2 N–H and O–H groups in total. The molecule has 1 heterocycles. The minimum atomic E-state index is -0.786. The first-order valence-electron chi connectivity index (χ1n) is 6.20. The molecule has 3 rings (SSSR count). The third-order valence-electron chi connectivity index (χ3n) is 3.91. The number of fused-ring (bicyclic) bond motifs is 1. The summed E-state index contributed by atoms with van der Waals surface area (Å²) in [7, 11) is 0. The molecular formula is C13H16F2N2. The maximum Gasteiger partial charge on any atom is 0.184 e. The van der Waals surface area contributed by atoms with Crippen LogP contribution in [0.5, 0.6) is 0 Å². The van der Waals surface area contributed by atoms with Crippen LogP contribution in [0.3, 0.4) is 0 Å². The van der Waals surface area contributed by atoms with Gasteiger partial charge in [-0.1, -0.05) is 19.3 Å². The van der Waals surface area contributed by atoms with Gasteiger partial charge in [-0.2, -0.15) is 0 Å². The Kier molecular flexibility index (Phi) is 2.45. The Morgan fingerprint density at radius 2 is 1.82 bits per heavy atom. The Balaban J connectivity index is 1.96. The summed E-state index contributed by atoms with van der Waals surface area (Å²) in [5, 5.41) is 6.47. The quantitative estimate of drug-likeness (QED) is 0.722. The molecule has 0 radical (unpaired) electrons. The maximum absolute atomic E-state index is 13.7. The highest BCUT2D eigenvalue weighted by Crippen LogP contribution is 2.39. The lowest BCUT2D eigenvalue weighted by atomic mass is 9.80. The smallest absolute Gasteiger partial charge is 0.184 e. The largest absolute Gasteiger partial charge is 0.381 e. The van der Waals surface area contributed by atoms with E-state index >= 15 is 0 Å². The number of anilines is 2. The van der Waals surface area contributed by atoms with E-state index in [1.165, 1.54) is 12.5 Å². The molecule has 1 spiro atoms. The van der Waals surface area contributed by atoms with Crippen molar-refractivity contribution in [2.75, 3.05) is 17.2 Å². The fourth-order valence-electron chi connectivity index (χ4n) is 2.92. The second-order valence-corrected chi connectivity index (χ2v) is 5.10. The van der Waals surface area contributed by atoms with Gasteiger partial charge in [0, 0.05) is 6.54 Å². The molecule has 1 aliphatic carbocycles. The second kappa shape index (κ2) is 3.86. The summed E-state index contributed by atoms with van der Waals surface area (Å²) in [5.74, 6) is -1.55. The van der Waals surface area contributed by atoms with E-state index in [9.17, 15) is 8.78 Å². The predicted molar refractivity (Wildman–Crippen MR) is 64.3 cm³/mol. The molecule has 0 atom stereocenters. The van der Waals surface area contributed by atoms with Gasteiger partial charge < -0.3 is 10.6 Å². The molecule has 1 aliphatic heterocycles. The number of hydrogen-bond acceptors (Lipinski definition) is 2. The molecule has 17 heavy (non-hydrogen) atoms. The van der Waals surface area contributed by atoms with Gasteiger partial charge in [0.2, 0.25) is 0 Å². The van der Waals surface area contributed by atoms with Crippen molar-refractivity contribution in [3.63, 3.8) is 0 Å². The lowest BCUT2D eigenvalue weighted by molar-refractivity contribution is 0.332. The van der Waals surface area contributed by atoms with Gasteiger partial charge in [-0.05, 0) is 25.0 Å². The first kappa shape index (κ1) is 10.8. The number of benzene rings is 1. The van der Waals surface area contributed by atoms with Gasteiger partial charge in [-0.15, -0.1) is 0 Å². The molecule has 0 saturated heterocycles. The molecule has 1 aromatic rings. The Morgan fingerprint density at radius 3 is 2.59 bits per heavy atom. The average Bonchev–Trinajstić information content (AvgIpc) is 2.36. The molecule has 2 aliphatic rings. The van der Waals surface area contributed by atoms with E-state index in [0.29, 0.717) is 11.4 Å². The number of nitrogens with one attached hydrogen (secondary N) is 2. The van der Waals surface area contributed by atoms with Crippen molar-refractivity contribution in [3.05, 3.63) is 23.8 Å². The van der Waals surface area contributed by atoms with Crippen molar-refractivity contribution in [1.29, 1.82) is 0 Å². The van der Waals surface area contributed by atoms with Gasteiger partial charge in [0.05, 0.1) is 16.9 Å². The van der Waals surface area contributed by atoms with Gasteiger partial charge in [-0.3, -0.25) is 0 Å². The van der Waals surface area contributed by atoms with Gasteiger partial charge in [-0.25, -0.2) is 8.78 Å². The zero-order valence-electron chi connectivity index (χ0n) is 9.65. The number of rotatable bonds is 0. The Morgan fingerprint density at radius 1 is 1.06 bits per heavy atom. The van der Waals surface area contributed by atoms with Crippen LogP contribution in [0.2, 0.25) is 0 Å². The molecular weight excluding hydrogens is 222 g/mol. The summed E-state index contributed by atoms with van der Waals surface area (Å²) in [4.78, 5) is 0. The molecule has 4 heteroatoms. The van der Waals surface area contributed by atoms with Crippen LogP contribution in [-0.2, 0) is 0 Å². The highest BCUT2D eigenvalue weighted by Gasteiger charge is 2.36. The summed E-state index contributed by atoms with van der Waals surface area (Å²) in [6.45, 7) is 0.797. The van der Waals surface area contributed by atoms with Crippen LogP contribution in [0.15, 0.2) is 12.1 Å². The Bertz CT molecular complexity index is 439. The predicted octanol–water partition coefficient (Wildman–Crippen LogP) is 3.51. The van der Waals surface area contributed by atoms with Gasteiger partial charge in [0.1, 0.15) is 0 Å². The van der Waals surface area contributed by atoms with Crippen LogP contribution in [-0.4, -0.2) is 12.1 Å². The van der Waals surface area contributed by atoms with Crippen LogP contribution >= 0.6 is 0 Å². The minimum absolute atomic E-state index is 0.0834. The van der Waals surface area contributed by atoms with Crippen LogP contribution in [0.1, 0.15) is 32.1 Å². The standard InChI is InChI=1S/C13H16F2N2/c14-9-4-5-10-12(11(9)15)17-13(8-16-10)6-2-1-3-7-13/h4-5,16-17H,1-3,6-8H2. The fourth-order valence-corrected chi connectivity index (χ4v) is 2.92. The van der Waals surface area contributed by atoms with Crippen LogP contribution in [0.4, 0.5) is 20.2 Å². The van der Waals surface area contributed by atoms with Crippen molar-refractivity contribution in [3.8, 4) is 0 Å². The highest BCUT2D eigenvalue weighted by atomic mass is 19.2. The molecule has 1 fully saturated rings. The molecule has 1 aromatic carbocycles. The SMILES string of the molecule is Fc1ccc2c(c1F)NC1(CCCCC1)CN2. The van der Waals surface area contributed by atoms with E-state index in [1.54, 1.807) is 6.07 Å². The van der Waals surface area contributed by atoms with E-state index in [4.69, 9.17) is 0 Å². The summed E-state index contributed by atoms with van der Waals surface area (Å²) < 4.78 is 27.0. The van der Waals surface area contributed by atoms with Crippen molar-refractivity contribution in [2.45, 2.75) is 37.6 Å². The first-order valence-corrected chi connectivity index (χ1v) is 6.20. The number of hydrogen-bond donors (Lipinski definition) is 2. The second-order valence-electron chi connectivity index (χ2n) is 5.10. The van der Waals surface area contributed by atoms with Crippen molar-refractivity contribution >= 4 is 11.4 Å². The Hall–Kier alpha value is -1.32. The van der Waals surface area contributed by atoms with Crippen molar-refractivity contribution < 1.29 is 8.78 Å². The monoisotopic (exact) mass is 238 g/mol. The highest BCUT2D eigenvalue weighted by molar-refractivity contribution is 5.73. The third-order valence-corrected chi connectivity index (χ3v) is 3.91. The van der Waals surface area contributed by atoms with E-state index in [0.717, 1.165) is 32.2 Å². The summed E-state index contributed by atoms with van der Waals surface area (Å²) in [6.07, 6.45) is 5.59. The van der Waals surface area contributed by atoms with Gasteiger partial charge in [0.25, 0.3) is 0 Å². The summed E-state index contributed by atoms with van der Waals surface area (Å²) in [6, 6.07) is 2.76. The fraction of sp³-hybridized carbons (Fsp3) is 0.538. The topological polar surface area (TPSA) is 24.1 Å². The number of halogens is 2. The van der Waals surface area contributed by atoms with Crippen LogP contribution in [0.25, 0.3) is 0 Å². The van der Waals surface area contributed by atoms with E-state index < -0.39 is 11.6 Å². The normalized spacial score (nSPS) is 21.5. The minimum Gasteiger partial charge on any atom is -0.381 e. The first-order chi connectivity index (χ1) is 8.20. The van der Waals surface area contributed by atoms with Crippen molar-refractivity contribution in [2.24, 2.45) is 0 Å². The average molecular weight is 238 g/mol. The molecule has 0 bridgehead atoms. The molecule has 2 nitrogen and oxygen atoms in total. The third kappa shape index (κ3) is 1.75. The molecule has 1 saturated carbocycles. The lowest BCUT2D eigenvalue weighted by Crippen LogP contribution is -2.49. The molecule has 92 valence electrons. The molecule has 0 aromatic heterocycles. The molecule has 0 unspecified atom stereocenters. The Labute approximate surface area is 99.4 Å². The van der Waals surface area contributed by atoms with Crippen molar-refractivity contribution in [1.82, 2.24) is 0 Å². The van der Waals surface area contributed by atoms with Crippen LogP contribution in [0, 0.1) is 11.6 Å². The zero-order valence-corrected chi connectivity index (χ0v) is 9.65. The van der Waals surface area contributed by atoms with Gasteiger partial charge >= 0.3 is 0 Å². The summed E-state index contributed by atoms with van der Waals surface area (Å²) >= 11 is 0. The zero-order chi connectivity index (χ0) is 11.9. The van der Waals surface area contributed by atoms with E-state index in [2.05, 4.69) is 10.6 Å². The van der Waals surface area contributed by atoms with E-state index in [1.807, 2.05) is 0 Å².